The van der Waals surface area contributed by atoms with Gasteiger partial charge in [0.25, 0.3) is 0 Å². The van der Waals surface area contributed by atoms with Gasteiger partial charge >= 0.3 is 0 Å². The number of nitrogens with zero attached hydrogens (tertiary/aromatic N) is 3. The highest BCUT2D eigenvalue weighted by atomic mass is 127. The Bertz CT molecular complexity index is 960. The summed E-state index contributed by atoms with van der Waals surface area (Å²) < 4.78 is 12.7. The van der Waals surface area contributed by atoms with E-state index in [4.69, 9.17) is 9.47 Å². The molecule has 166 valence electrons. The molecular formula is C23H30IN5O2. The van der Waals surface area contributed by atoms with Crippen LogP contribution in [0.15, 0.2) is 65.9 Å². The lowest BCUT2D eigenvalue weighted by atomic mass is 10.2. The van der Waals surface area contributed by atoms with E-state index in [-0.39, 0.29) is 24.0 Å². The Morgan fingerprint density at radius 3 is 2.55 bits per heavy atom. The van der Waals surface area contributed by atoms with E-state index in [9.17, 15) is 0 Å². The Hall–Kier alpha value is -2.75. The molecule has 0 saturated carbocycles. The molecule has 0 spiro atoms. The van der Waals surface area contributed by atoms with E-state index in [1.165, 1.54) is 5.56 Å². The third-order valence-corrected chi connectivity index (χ3v) is 4.58. The third-order valence-electron chi connectivity index (χ3n) is 4.58. The van der Waals surface area contributed by atoms with Gasteiger partial charge in [-0.2, -0.15) is 5.10 Å². The van der Waals surface area contributed by atoms with Crippen LogP contribution in [0.25, 0.3) is 0 Å². The molecule has 0 unspecified atom stereocenters. The number of hydrogen-bond acceptors (Lipinski definition) is 4. The van der Waals surface area contributed by atoms with Gasteiger partial charge in [-0.25, -0.2) is 4.99 Å². The van der Waals surface area contributed by atoms with Crippen molar-refractivity contribution >= 4 is 29.9 Å². The Balaban J connectivity index is 0.00000341. The molecule has 3 aromatic rings. The highest BCUT2D eigenvalue weighted by Gasteiger charge is 2.07. The van der Waals surface area contributed by atoms with Gasteiger partial charge in [0.2, 0.25) is 0 Å². The molecule has 1 heterocycles. The average Bonchev–Trinajstić information content (AvgIpc) is 3.23. The van der Waals surface area contributed by atoms with E-state index in [0.717, 1.165) is 41.7 Å². The average molecular weight is 535 g/mol. The standard InChI is InChI=1S/C23H29N5O2.HI/c1-4-24-23(26-15-20-10-11-21(29-2)12-22(20)30-3)25-13-19-14-27-28(17-19)16-18-8-6-5-7-9-18;/h5-12,14,17H,4,13,15-16H2,1-3H3,(H2,24,25,26);1H. The number of halogens is 1. The lowest BCUT2D eigenvalue weighted by Crippen LogP contribution is -2.36. The van der Waals surface area contributed by atoms with E-state index in [1.807, 2.05) is 60.4 Å². The number of guanidine groups is 1. The van der Waals surface area contributed by atoms with Crippen LogP contribution in [0.5, 0.6) is 11.5 Å². The van der Waals surface area contributed by atoms with Crippen LogP contribution in [0.1, 0.15) is 23.6 Å². The van der Waals surface area contributed by atoms with Gasteiger partial charge in [0.1, 0.15) is 11.5 Å². The molecule has 0 atom stereocenters. The minimum atomic E-state index is 0. The van der Waals surface area contributed by atoms with Gasteiger partial charge < -0.3 is 20.1 Å². The fourth-order valence-corrected chi connectivity index (χ4v) is 3.03. The minimum absolute atomic E-state index is 0. The van der Waals surface area contributed by atoms with E-state index in [0.29, 0.717) is 13.1 Å². The lowest BCUT2D eigenvalue weighted by molar-refractivity contribution is 0.390. The van der Waals surface area contributed by atoms with Crippen LogP contribution in [0.2, 0.25) is 0 Å². The van der Waals surface area contributed by atoms with Gasteiger partial charge in [0.15, 0.2) is 5.96 Å². The third kappa shape index (κ3) is 7.46. The Morgan fingerprint density at radius 2 is 1.84 bits per heavy atom. The summed E-state index contributed by atoms with van der Waals surface area (Å²) >= 11 is 0. The molecule has 0 bridgehead atoms. The number of nitrogens with one attached hydrogen (secondary N) is 2. The largest absolute Gasteiger partial charge is 0.497 e. The van der Waals surface area contributed by atoms with Crippen molar-refractivity contribution in [2.24, 2.45) is 4.99 Å². The van der Waals surface area contributed by atoms with Crippen LogP contribution in [-0.4, -0.2) is 36.5 Å². The second-order valence-electron chi connectivity index (χ2n) is 6.76. The highest BCUT2D eigenvalue weighted by Crippen LogP contribution is 2.24. The summed E-state index contributed by atoms with van der Waals surface area (Å²) in [5.41, 5.74) is 3.31. The zero-order valence-corrected chi connectivity index (χ0v) is 20.5. The molecule has 2 N–H and O–H groups in total. The predicted molar refractivity (Wildman–Crippen MR) is 134 cm³/mol. The van der Waals surface area contributed by atoms with Crippen LogP contribution in [-0.2, 0) is 19.6 Å². The van der Waals surface area contributed by atoms with Gasteiger partial charge in [-0.3, -0.25) is 4.68 Å². The molecule has 0 aliphatic rings. The van der Waals surface area contributed by atoms with Crippen molar-refractivity contribution in [1.82, 2.24) is 20.4 Å². The second-order valence-corrected chi connectivity index (χ2v) is 6.76. The maximum absolute atomic E-state index is 5.47. The SMILES string of the molecule is CCNC(=NCc1cnn(Cc2ccccc2)c1)NCc1ccc(OC)cc1OC.I. The highest BCUT2D eigenvalue weighted by molar-refractivity contribution is 14.0. The fourth-order valence-electron chi connectivity index (χ4n) is 3.03. The first-order valence-electron chi connectivity index (χ1n) is 10.00. The zero-order chi connectivity index (χ0) is 21.2. The maximum Gasteiger partial charge on any atom is 0.191 e. The fraction of sp³-hybridized carbons (Fsp3) is 0.304. The molecule has 0 saturated heterocycles. The van der Waals surface area contributed by atoms with Crippen molar-refractivity contribution in [3.63, 3.8) is 0 Å². The predicted octanol–water partition coefficient (Wildman–Crippen LogP) is 3.82. The molecule has 0 amide bonds. The first-order valence-corrected chi connectivity index (χ1v) is 10.00. The number of aromatic nitrogens is 2. The smallest absolute Gasteiger partial charge is 0.191 e. The quantitative estimate of drug-likeness (QED) is 0.248. The molecule has 0 radical (unpaired) electrons. The van der Waals surface area contributed by atoms with Gasteiger partial charge in [-0.15, -0.1) is 24.0 Å². The Kier molecular flexibility index (Phi) is 10.2. The molecule has 31 heavy (non-hydrogen) atoms. The topological polar surface area (TPSA) is 72.7 Å². The second kappa shape index (κ2) is 12.8. The molecular weight excluding hydrogens is 505 g/mol. The first-order chi connectivity index (χ1) is 14.7. The summed E-state index contributed by atoms with van der Waals surface area (Å²) in [6.45, 7) is 4.71. The summed E-state index contributed by atoms with van der Waals surface area (Å²) in [6, 6.07) is 16.1. The molecule has 7 nitrogen and oxygen atoms in total. The van der Waals surface area contributed by atoms with Crippen molar-refractivity contribution in [3.05, 3.63) is 77.6 Å². The van der Waals surface area contributed by atoms with Gasteiger partial charge in [-0.05, 0) is 24.6 Å². The summed E-state index contributed by atoms with van der Waals surface area (Å²) in [4.78, 5) is 4.68. The maximum atomic E-state index is 5.47. The normalized spacial score (nSPS) is 10.9. The summed E-state index contributed by atoms with van der Waals surface area (Å²) in [7, 11) is 3.30. The first kappa shape index (κ1) is 24.5. The van der Waals surface area contributed by atoms with Crippen molar-refractivity contribution in [2.45, 2.75) is 26.6 Å². The van der Waals surface area contributed by atoms with Crippen molar-refractivity contribution in [3.8, 4) is 11.5 Å². The number of hydrogen-bond donors (Lipinski definition) is 2. The number of methoxy groups -OCH3 is 2. The monoisotopic (exact) mass is 535 g/mol. The van der Waals surface area contributed by atoms with Crippen LogP contribution in [0.4, 0.5) is 0 Å². The number of aliphatic imine (C=N–C) groups is 1. The molecule has 8 heteroatoms. The van der Waals surface area contributed by atoms with Crippen LogP contribution in [0, 0.1) is 0 Å². The van der Waals surface area contributed by atoms with Gasteiger partial charge in [-0.1, -0.05) is 30.3 Å². The van der Waals surface area contributed by atoms with E-state index in [1.54, 1.807) is 14.2 Å². The van der Waals surface area contributed by atoms with Crippen LogP contribution < -0.4 is 20.1 Å². The summed E-state index contributed by atoms with van der Waals surface area (Å²) in [5.74, 6) is 2.29. The van der Waals surface area contributed by atoms with E-state index in [2.05, 4.69) is 32.9 Å². The van der Waals surface area contributed by atoms with Crippen LogP contribution >= 0.6 is 24.0 Å². The number of ether oxygens (including phenoxy) is 2. The van der Waals surface area contributed by atoms with Crippen molar-refractivity contribution in [2.75, 3.05) is 20.8 Å². The lowest BCUT2D eigenvalue weighted by Gasteiger charge is -2.14. The Labute approximate surface area is 200 Å². The molecule has 0 fully saturated rings. The van der Waals surface area contributed by atoms with E-state index >= 15 is 0 Å². The van der Waals surface area contributed by atoms with Crippen molar-refractivity contribution < 1.29 is 9.47 Å². The molecule has 3 rings (SSSR count). The van der Waals surface area contributed by atoms with Gasteiger partial charge in [0.05, 0.1) is 33.5 Å². The molecule has 2 aromatic carbocycles. The van der Waals surface area contributed by atoms with Crippen molar-refractivity contribution in [1.29, 1.82) is 0 Å². The molecule has 0 aliphatic carbocycles. The molecule has 1 aromatic heterocycles. The van der Waals surface area contributed by atoms with E-state index < -0.39 is 0 Å². The Morgan fingerprint density at radius 1 is 1.03 bits per heavy atom. The minimum Gasteiger partial charge on any atom is -0.497 e. The number of rotatable bonds is 9. The van der Waals surface area contributed by atoms with Crippen LogP contribution in [0.3, 0.4) is 0 Å². The molecule has 0 aliphatic heterocycles. The van der Waals surface area contributed by atoms with Gasteiger partial charge in [0, 0.05) is 36.5 Å². The number of benzene rings is 2. The summed E-state index contributed by atoms with van der Waals surface area (Å²) in [5, 5.41) is 11.1. The zero-order valence-electron chi connectivity index (χ0n) is 18.2. The summed E-state index contributed by atoms with van der Waals surface area (Å²) in [6.07, 6.45) is 3.90.